The van der Waals surface area contributed by atoms with Crippen LogP contribution in [0.3, 0.4) is 0 Å². The first-order valence-electron chi connectivity index (χ1n) is 6.94. The third kappa shape index (κ3) is 4.79. The van der Waals surface area contributed by atoms with Crippen LogP contribution in [0.15, 0.2) is 18.2 Å². The summed E-state index contributed by atoms with van der Waals surface area (Å²) in [5.74, 6) is 0.737. The summed E-state index contributed by atoms with van der Waals surface area (Å²) in [5.41, 5.74) is 10.2. The van der Waals surface area contributed by atoms with Crippen LogP contribution >= 0.6 is 0 Å². The molecule has 0 saturated heterocycles. The molecule has 2 heteroatoms. The number of nitrogens with two attached hydrogens (primary N) is 1. The Morgan fingerprint density at radius 1 is 1.11 bits per heavy atom. The molecule has 102 valence electrons. The third-order valence-corrected chi connectivity index (χ3v) is 3.50. The number of aryl methyl sites for hydroxylation is 2. The zero-order valence-electron chi connectivity index (χ0n) is 12.5. The fraction of sp³-hybridized carbons (Fsp3) is 0.625. The lowest BCUT2D eigenvalue weighted by molar-refractivity contribution is 0.267. The Balaban J connectivity index is 2.61. The van der Waals surface area contributed by atoms with Crippen molar-refractivity contribution in [3.63, 3.8) is 0 Å². The number of likely N-dealkylation sites (N-methyl/N-ethyl adjacent to an activating group) is 1. The number of benzene rings is 1. The van der Waals surface area contributed by atoms with Crippen molar-refractivity contribution < 1.29 is 0 Å². The van der Waals surface area contributed by atoms with Gasteiger partial charge < -0.3 is 10.6 Å². The standard InChI is InChI=1S/C16H28N2/c1-6-12(2)10-18(5)11-16(17)15-8-13(3)7-14(4)9-15/h7-9,12,16H,6,10-11,17H2,1-5H3. The molecule has 0 saturated carbocycles. The van der Waals surface area contributed by atoms with Gasteiger partial charge in [-0.05, 0) is 32.4 Å². The summed E-state index contributed by atoms with van der Waals surface area (Å²) in [5, 5.41) is 0. The molecule has 0 amide bonds. The van der Waals surface area contributed by atoms with E-state index in [2.05, 4.69) is 57.8 Å². The maximum atomic E-state index is 6.31. The molecule has 0 bridgehead atoms. The van der Waals surface area contributed by atoms with Gasteiger partial charge in [-0.2, -0.15) is 0 Å². The van der Waals surface area contributed by atoms with E-state index in [-0.39, 0.29) is 6.04 Å². The predicted molar refractivity (Wildman–Crippen MR) is 79.8 cm³/mol. The minimum Gasteiger partial charge on any atom is -0.323 e. The second-order valence-corrected chi connectivity index (χ2v) is 5.76. The first-order valence-corrected chi connectivity index (χ1v) is 6.94. The predicted octanol–water partition coefficient (Wildman–Crippen LogP) is 3.28. The summed E-state index contributed by atoms with van der Waals surface area (Å²) < 4.78 is 0. The highest BCUT2D eigenvalue weighted by atomic mass is 15.1. The van der Waals surface area contributed by atoms with Crippen LogP contribution in [0.1, 0.15) is 43.0 Å². The fourth-order valence-electron chi connectivity index (χ4n) is 2.40. The molecular weight excluding hydrogens is 220 g/mol. The summed E-state index contributed by atoms with van der Waals surface area (Å²) in [6.45, 7) is 10.8. The van der Waals surface area contributed by atoms with Gasteiger partial charge in [0.2, 0.25) is 0 Å². The molecule has 1 aromatic rings. The molecule has 2 unspecified atom stereocenters. The van der Waals surface area contributed by atoms with E-state index in [9.17, 15) is 0 Å². The van der Waals surface area contributed by atoms with Crippen molar-refractivity contribution >= 4 is 0 Å². The summed E-state index contributed by atoms with van der Waals surface area (Å²) in [6, 6.07) is 6.71. The van der Waals surface area contributed by atoms with Crippen LogP contribution in [0.4, 0.5) is 0 Å². The Kier molecular flexibility index (Phi) is 5.83. The Labute approximate surface area is 112 Å². The normalized spacial score (nSPS) is 14.8. The van der Waals surface area contributed by atoms with Crippen LogP contribution in [0.5, 0.6) is 0 Å². The van der Waals surface area contributed by atoms with E-state index in [1.54, 1.807) is 0 Å². The van der Waals surface area contributed by atoms with Crippen molar-refractivity contribution in [3.05, 3.63) is 34.9 Å². The second-order valence-electron chi connectivity index (χ2n) is 5.76. The molecular formula is C16H28N2. The smallest absolute Gasteiger partial charge is 0.0424 e. The Bertz CT molecular complexity index is 353. The van der Waals surface area contributed by atoms with Gasteiger partial charge in [0.1, 0.15) is 0 Å². The first-order chi connectivity index (χ1) is 8.42. The van der Waals surface area contributed by atoms with Gasteiger partial charge in [-0.1, -0.05) is 49.6 Å². The molecule has 0 aliphatic rings. The van der Waals surface area contributed by atoms with Gasteiger partial charge in [0.15, 0.2) is 0 Å². The molecule has 0 radical (unpaired) electrons. The van der Waals surface area contributed by atoms with Crippen LogP contribution in [0.25, 0.3) is 0 Å². The zero-order chi connectivity index (χ0) is 13.7. The van der Waals surface area contributed by atoms with E-state index in [0.717, 1.165) is 19.0 Å². The number of hydrogen-bond donors (Lipinski definition) is 1. The van der Waals surface area contributed by atoms with Gasteiger partial charge in [0.25, 0.3) is 0 Å². The van der Waals surface area contributed by atoms with Gasteiger partial charge in [0, 0.05) is 19.1 Å². The van der Waals surface area contributed by atoms with Gasteiger partial charge in [-0.3, -0.25) is 0 Å². The van der Waals surface area contributed by atoms with Crippen molar-refractivity contribution in [1.82, 2.24) is 4.90 Å². The highest BCUT2D eigenvalue weighted by Crippen LogP contribution is 2.16. The highest BCUT2D eigenvalue weighted by molar-refractivity contribution is 5.30. The van der Waals surface area contributed by atoms with Crippen molar-refractivity contribution in [2.45, 2.75) is 40.2 Å². The van der Waals surface area contributed by atoms with Crippen LogP contribution in [-0.4, -0.2) is 25.0 Å². The van der Waals surface area contributed by atoms with E-state index in [1.165, 1.54) is 23.1 Å². The molecule has 2 atom stereocenters. The van der Waals surface area contributed by atoms with Gasteiger partial charge >= 0.3 is 0 Å². The van der Waals surface area contributed by atoms with Gasteiger partial charge in [-0.15, -0.1) is 0 Å². The Morgan fingerprint density at radius 3 is 2.17 bits per heavy atom. The quantitative estimate of drug-likeness (QED) is 0.837. The monoisotopic (exact) mass is 248 g/mol. The Morgan fingerprint density at radius 2 is 1.67 bits per heavy atom. The van der Waals surface area contributed by atoms with Crippen LogP contribution < -0.4 is 5.73 Å². The lowest BCUT2D eigenvalue weighted by atomic mass is 10.0. The summed E-state index contributed by atoms with van der Waals surface area (Å²) in [6.07, 6.45) is 1.23. The molecule has 0 aromatic heterocycles. The molecule has 1 aromatic carbocycles. The average Bonchev–Trinajstić information content (AvgIpc) is 2.27. The van der Waals surface area contributed by atoms with Crippen LogP contribution in [0.2, 0.25) is 0 Å². The number of nitrogens with zero attached hydrogens (tertiary/aromatic N) is 1. The van der Waals surface area contributed by atoms with E-state index in [0.29, 0.717) is 0 Å². The van der Waals surface area contributed by atoms with Crippen molar-refractivity contribution in [1.29, 1.82) is 0 Å². The Hall–Kier alpha value is -0.860. The molecule has 18 heavy (non-hydrogen) atoms. The van der Waals surface area contributed by atoms with E-state index < -0.39 is 0 Å². The third-order valence-electron chi connectivity index (χ3n) is 3.50. The molecule has 0 aliphatic carbocycles. The van der Waals surface area contributed by atoms with E-state index in [1.807, 2.05) is 0 Å². The SMILES string of the molecule is CCC(C)CN(C)CC(N)c1cc(C)cc(C)c1. The molecule has 0 heterocycles. The molecule has 2 nitrogen and oxygen atoms in total. The lowest BCUT2D eigenvalue weighted by Gasteiger charge is -2.24. The summed E-state index contributed by atoms with van der Waals surface area (Å²) >= 11 is 0. The molecule has 0 aliphatic heterocycles. The van der Waals surface area contributed by atoms with Gasteiger partial charge in [0.05, 0.1) is 0 Å². The molecule has 1 rings (SSSR count). The van der Waals surface area contributed by atoms with E-state index in [4.69, 9.17) is 5.73 Å². The van der Waals surface area contributed by atoms with E-state index >= 15 is 0 Å². The summed E-state index contributed by atoms with van der Waals surface area (Å²) in [4.78, 5) is 2.34. The number of rotatable bonds is 6. The second kappa shape index (κ2) is 6.91. The van der Waals surface area contributed by atoms with Crippen LogP contribution in [-0.2, 0) is 0 Å². The maximum Gasteiger partial charge on any atom is 0.0424 e. The lowest BCUT2D eigenvalue weighted by Crippen LogP contribution is -2.32. The first kappa shape index (κ1) is 15.2. The maximum absolute atomic E-state index is 6.31. The topological polar surface area (TPSA) is 29.3 Å². The van der Waals surface area contributed by atoms with Crippen molar-refractivity contribution in [3.8, 4) is 0 Å². The molecule has 0 spiro atoms. The van der Waals surface area contributed by atoms with Crippen molar-refractivity contribution in [2.75, 3.05) is 20.1 Å². The average molecular weight is 248 g/mol. The minimum absolute atomic E-state index is 0.109. The van der Waals surface area contributed by atoms with Crippen LogP contribution in [0, 0.1) is 19.8 Å². The molecule has 0 fully saturated rings. The highest BCUT2D eigenvalue weighted by Gasteiger charge is 2.11. The van der Waals surface area contributed by atoms with Gasteiger partial charge in [-0.25, -0.2) is 0 Å². The number of hydrogen-bond acceptors (Lipinski definition) is 2. The van der Waals surface area contributed by atoms with Crippen molar-refractivity contribution in [2.24, 2.45) is 11.7 Å². The minimum atomic E-state index is 0.109. The largest absolute Gasteiger partial charge is 0.323 e. The zero-order valence-corrected chi connectivity index (χ0v) is 12.5. The summed E-state index contributed by atoms with van der Waals surface area (Å²) in [7, 11) is 2.16. The molecule has 2 N–H and O–H groups in total. The fourth-order valence-corrected chi connectivity index (χ4v) is 2.40.